The molecular weight excluding hydrogens is 506 g/mol. The lowest BCUT2D eigenvalue weighted by Crippen LogP contribution is -2.33. The molecule has 0 saturated heterocycles. The van der Waals surface area contributed by atoms with Crippen molar-refractivity contribution in [2.45, 2.75) is 57.8 Å². The molecule has 3 N–H and O–H groups in total. The van der Waals surface area contributed by atoms with Crippen molar-refractivity contribution in [3.05, 3.63) is 93.6 Å². The molecule has 10 nitrogen and oxygen atoms in total. The van der Waals surface area contributed by atoms with Crippen molar-refractivity contribution in [2.75, 3.05) is 7.11 Å². The molecule has 0 aliphatic heterocycles. The van der Waals surface area contributed by atoms with Gasteiger partial charge in [-0.3, -0.25) is 9.78 Å². The molecule has 3 aromatic heterocycles. The molecule has 0 unspecified atom stereocenters. The first-order chi connectivity index (χ1) is 19.5. The van der Waals surface area contributed by atoms with Crippen molar-refractivity contribution >= 4 is 5.84 Å². The van der Waals surface area contributed by atoms with Gasteiger partial charge in [0.05, 0.1) is 30.9 Å². The van der Waals surface area contributed by atoms with Gasteiger partial charge in [0.1, 0.15) is 5.82 Å². The molecule has 1 aliphatic carbocycles. The molecule has 0 atom stereocenters. The number of oxime groups is 1. The average molecular weight is 540 g/mol. The van der Waals surface area contributed by atoms with E-state index in [1.54, 1.807) is 36.3 Å². The van der Waals surface area contributed by atoms with Gasteiger partial charge < -0.3 is 15.7 Å². The van der Waals surface area contributed by atoms with Crippen LogP contribution in [0.5, 0.6) is 5.75 Å². The van der Waals surface area contributed by atoms with Gasteiger partial charge in [-0.05, 0) is 37.3 Å². The van der Waals surface area contributed by atoms with E-state index in [0.717, 1.165) is 61.2 Å². The maximum absolute atomic E-state index is 14.2. The molecule has 1 saturated carbocycles. The number of hydrogen-bond acceptors (Lipinski definition) is 8. The second kappa shape index (κ2) is 12.1. The smallest absolute Gasteiger partial charge is 0.264 e. The minimum Gasteiger partial charge on any atom is -0.494 e. The van der Waals surface area contributed by atoms with Gasteiger partial charge in [0.2, 0.25) is 5.95 Å². The number of pyridine rings is 1. The normalized spacial score (nSPS) is 13.7. The molecule has 10 heteroatoms. The molecule has 40 heavy (non-hydrogen) atoms. The van der Waals surface area contributed by atoms with Gasteiger partial charge in [-0.2, -0.15) is 0 Å². The van der Waals surface area contributed by atoms with E-state index < -0.39 is 0 Å². The number of amidine groups is 1. The van der Waals surface area contributed by atoms with Crippen molar-refractivity contribution in [1.29, 1.82) is 0 Å². The standard InChI is InChI=1S/C30H33N7O3/c1-3-4-12-26-24(15-19-13-14-25(32-16-19)22-10-5-6-11-23(22)27(31)36-39)29(38)37(28(35-26)20-8-7-9-20)30-33-17-21(40-2)18-34-30/h5-6,10-11,13-14,16-18,20,39H,3-4,7-9,12,15H2,1-2H3,(H2,31,36). The van der Waals surface area contributed by atoms with Crippen molar-refractivity contribution in [3.8, 4) is 23.0 Å². The highest BCUT2D eigenvalue weighted by atomic mass is 16.5. The second-order valence-electron chi connectivity index (χ2n) is 9.95. The molecule has 1 aromatic carbocycles. The van der Waals surface area contributed by atoms with Gasteiger partial charge in [-0.1, -0.05) is 55.3 Å². The van der Waals surface area contributed by atoms with Crippen molar-refractivity contribution in [3.63, 3.8) is 0 Å². The van der Waals surface area contributed by atoms with Crippen LogP contribution in [-0.4, -0.2) is 42.7 Å². The lowest BCUT2D eigenvalue weighted by molar-refractivity contribution is 0.318. The molecule has 4 aromatic rings. The lowest BCUT2D eigenvalue weighted by Gasteiger charge is -2.28. The Balaban J connectivity index is 1.56. The van der Waals surface area contributed by atoms with Gasteiger partial charge in [0, 0.05) is 35.2 Å². The summed E-state index contributed by atoms with van der Waals surface area (Å²) in [7, 11) is 1.56. The van der Waals surface area contributed by atoms with Gasteiger partial charge >= 0.3 is 0 Å². The number of rotatable bonds is 10. The summed E-state index contributed by atoms with van der Waals surface area (Å²) < 4.78 is 6.81. The van der Waals surface area contributed by atoms with E-state index in [9.17, 15) is 10.0 Å². The van der Waals surface area contributed by atoms with Crippen LogP contribution in [0.1, 0.15) is 73.2 Å². The molecule has 206 valence electrons. The number of methoxy groups -OCH3 is 1. The highest BCUT2D eigenvalue weighted by molar-refractivity contribution is 6.02. The molecular formula is C30H33N7O3. The Labute approximate surface area is 232 Å². The monoisotopic (exact) mass is 539 g/mol. The first kappa shape index (κ1) is 27.0. The summed E-state index contributed by atoms with van der Waals surface area (Å²) in [5, 5.41) is 12.3. The minimum absolute atomic E-state index is 0.0148. The average Bonchev–Trinajstić information content (AvgIpc) is 2.97. The van der Waals surface area contributed by atoms with E-state index in [0.29, 0.717) is 34.9 Å². The first-order valence-corrected chi connectivity index (χ1v) is 13.6. The molecule has 0 bridgehead atoms. The lowest BCUT2D eigenvalue weighted by atomic mass is 9.84. The predicted molar refractivity (Wildman–Crippen MR) is 152 cm³/mol. The fourth-order valence-electron chi connectivity index (χ4n) is 4.89. The zero-order chi connectivity index (χ0) is 28.1. The molecule has 5 rings (SSSR count). The van der Waals surface area contributed by atoms with E-state index in [-0.39, 0.29) is 17.3 Å². The summed E-state index contributed by atoms with van der Waals surface area (Å²) in [6, 6.07) is 11.2. The third-order valence-corrected chi connectivity index (χ3v) is 7.37. The van der Waals surface area contributed by atoms with Gasteiger partial charge in [0.25, 0.3) is 5.56 Å². The van der Waals surface area contributed by atoms with Crippen molar-refractivity contribution in [2.24, 2.45) is 10.9 Å². The van der Waals surface area contributed by atoms with Crippen LogP contribution in [0.3, 0.4) is 0 Å². The van der Waals surface area contributed by atoms with Crippen LogP contribution in [0, 0.1) is 0 Å². The number of unbranched alkanes of at least 4 members (excludes halogenated alkanes) is 1. The zero-order valence-corrected chi connectivity index (χ0v) is 22.7. The number of ether oxygens (including phenoxy) is 1. The van der Waals surface area contributed by atoms with Crippen LogP contribution in [0.25, 0.3) is 17.2 Å². The van der Waals surface area contributed by atoms with Gasteiger partial charge in [-0.25, -0.2) is 19.5 Å². The van der Waals surface area contributed by atoms with E-state index in [2.05, 4.69) is 27.0 Å². The Morgan fingerprint density at radius 3 is 2.52 bits per heavy atom. The van der Waals surface area contributed by atoms with E-state index >= 15 is 0 Å². The summed E-state index contributed by atoms with van der Waals surface area (Å²) in [4.78, 5) is 32.8. The van der Waals surface area contributed by atoms with Crippen LogP contribution in [0.2, 0.25) is 0 Å². The Bertz CT molecular complexity index is 1560. The SMILES string of the molecule is CCCCc1nc(C2CCC2)n(-c2ncc(OC)cn2)c(=O)c1Cc1ccc(-c2ccccc2C(N)=NO)nc1. The third kappa shape index (κ3) is 5.42. The number of nitrogens with zero attached hydrogens (tertiary/aromatic N) is 6. The van der Waals surface area contributed by atoms with E-state index in [4.69, 9.17) is 15.5 Å². The summed E-state index contributed by atoms with van der Waals surface area (Å²) in [6.07, 6.45) is 11.0. The summed E-state index contributed by atoms with van der Waals surface area (Å²) in [5.74, 6) is 1.79. The molecule has 0 radical (unpaired) electrons. The Morgan fingerprint density at radius 1 is 1.12 bits per heavy atom. The predicted octanol–water partition coefficient (Wildman–Crippen LogP) is 4.39. The maximum atomic E-state index is 14.2. The van der Waals surface area contributed by atoms with Crippen LogP contribution in [0.15, 0.2) is 64.9 Å². The minimum atomic E-state index is -0.144. The summed E-state index contributed by atoms with van der Waals surface area (Å²) in [6.45, 7) is 2.13. The summed E-state index contributed by atoms with van der Waals surface area (Å²) in [5.41, 5.74) is 10.1. The molecule has 1 fully saturated rings. The van der Waals surface area contributed by atoms with Crippen LogP contribution < -0.4 is 16.0 Å². The van der Waals surface area contributed by atoms with Crippen molar-refractivity contribution < 1.29 is 9.94 Å². The highest BCUT2D eigenvalue weighted by Crippen LogP contribution is 2.36. The summed E-state index contributed by atoms with van der Waals surface area (Å²) >= 11 is 0. The maximum Gasteiger partial charge on any atom is 0.264 e. The fourth-order valence-corrected chi connectivity index (χ4v) is 4.89. The van der Waals surface area contributed by atoms with Crippen LogP contribution >= 0.6 is 0 Å². The Kier molecular flexibility index (Phi) is 8.14. The third-order valence-electron chi connectivity index (χ3n) is 7.37. The Hall–Kier alpha value is -4.60. The number of aryl methyl sites for hydroxylation is 1. The largest absolute Gasteiger partial charge is 0.494 e. The second-order valence-corrected chi connectivity index (χ2v) is 9.95. The van der Waals surface area contributed by atoms with Gasteiger partial charge in [0.15, 0.2) is 11.6 Å². The number of hydrogen-bond donors (Lipinski definition) is 2. The molecule has 1 aliphatic rings. The number of aromatic nitrogens is 5. The van der Waals surface area contributed by atoms with Crippen LogP contribution in [0.4, 0.5) is 0 Å². The van der Waals surface area contributed by atoms with Gasteiger partial charge in [-0.15, -0.1) is 0 Å². The first-order valence-electron chi connectivity index (χ1n) is 13.6. The number of benzene rings is 1. The molecule has 0 amide bonds. The van der Waals surface area contributed by atoms with E-state index in [1.165, 1.54) is 0 Å². The van der Waals surface area contributed by atoms with Crippen LogP contribution in [-0.2, 0) is 12.8 Å². The Morgan fingerprint density at radius 2 is 1.90 bits per heavy atom. The van der Waals surface area contributed by atoms with E-state index in [1.807, 2.05) is 30.3 Å². The fraction of sp³-hybridized carbons (Fsp3) is 0.333. The zero-order valence-electron chi connectivity index (χ0n) is 22.7. The highest BCUT2D eigenvalue weighted by Gasteiger charge is 2.28. The quantitative estimate of drug-likeness (QED) is 0.131. The topological polar surface area (TPSA) is 141 Å². The molecule has 0 spiro atoms. The van der Waals surface area contributed by atoms with Crippen molar-refractivity contribution in [1.82, 2.24) is 24.5 Å². The molecule has 3 heterocycles. The number of nitrogens with two attached hydrogens (primary N) is 1.